The topological polar surface area (TPSA) is 63.2 Å². The number of thiophene rings is 1. The van der Waals surface area contributed by atoms with E-state index < -0.39 is 9.84 Å². The Morgan fingerprint density at radius 3 is 2.76 bits per heavy atom. The van der Waals surface area contributed by atoms with Crippen LogP contribution in [0.25, 0.3) is 0 Å². The Morgan fingerprint density at radius 2 is 2.29 bits per heavy atom. The van der Waals surface area contributed by atoms with E-state index in [2.05, 4.69) is 11.9 Å². The zero-order valence-electron chi connectivity index (χ0n) is 9.20. The van der Waals surface area contributed by atoms with Gasteiger partial charge in [-0.3, -0.25) is 4.79 Å². The van der Waals surface area contributed by atoms with Crippen molar-refractivity contribution in [3.8, 4) is 0 Å². The number of aryl methyl sites for hydroxylation is 1. The molecule has 0 aliphatic heterocycles. The molecule has 1 aromatic rings. The van der Waals surface area contributed by atoms with Gasteiger partial charge in [-0.05, 0) is 17.9 Å². The lowest BCUT2D eigenvalue weighted by Gasteiger charge is -2.04. The molecule has 0 fully saturated rings. The molecule has 1 rings (SSSR count). The van der Waals surface area contributed by atoms with Crippen LogP contribution >= 0.6 is 22.9 Å². The highest BCUT2D eigenvalue weighted by Gasteiger charge is 2.13. The highest BCUT2D eigenvalue weighted by atomic mass is 35.5. The second-order valence-corrected chi connectivity index (χ2v) is 6.95. The summed E-state index contributed by atoms with van der Waals surface area (Å²) >= 11 is 7.19. The van der Waals surface area contributed by atoms with E-state index in [1.807, 2.05) is 12.3 Å². The third kappa shape index (κ3) is 4.14. The maximum atomic E-state index is 11.5. The molecule has 1 amide bonds. The largest absolute Gasteiger partial charge is 0.324 e. The minimum atomic E-state index is -3.34. The number of carbonyl (C=O) groups is 1. The summed E-state index contributed by atoms with van der Waals surface area (Å²) in [6, 6.07) is 0. The smallest absolute Gasteiger partial charge is 0.225 e. The second kappa shape index (κ2) is 5.66. The molecule has 4 nitrogen and oxygen atoms in total. The molecule has 0 aliphatic carbocycles. The van der Waals surface area contributed by atoms with Gasteiger partial charge in [0.25, 0.3) is 0 Å². The number of hydrogen-bond acceptors (Lipinski definition) is 4. The van der Waals surface area contributed by atoms with Gasteiger partial charge < -0.3 is 5.32 Å². The molecular formula is C10H12ClNO3S2. The lowest BCUT2D eigenvalue weighted by Crippen LogP contribution is -2.16. The summed E-state index contributed by atoms with van der Waals surface area (Å²) in [6.07, 6.45) is -0.111. The fraction of sp³-hybridized carbons (Fsp3) is 0.300. The monoisotopic (exact) mass is 293 g/mol. The van der Waals surface area contributed by atoms with Gasteiger partial charge in [0.05, 0.1) is 11.4 Å². The van der Waals surface area contributed by atoms with E-state index in [0.717, 1.165) is 11.0 Å². The Bertz CT molecular complexity index is 514. The number of halogens is 1. The average Bonchev–Trinajstić information content (AvgIpc) is 2.58. The van der Waals surface area contributed by atoms with Crippen molar-refractivity contribution in [2.24, 2.45) is 0 Å². The first-order valence-electron chi connectivity index (χ1n) is 4.74. The minimum Gasteiger partial charge on any atom is -0.324 e. The van der Waals surface area contributed by atoms with Gasteiger partial charge in [0, 0.05) is 11.8 Å². The minimum absolute atomic E-state index is 0.111. The zero-order valence-corrected chi connectivity index (χ0v) is 11.6. The molecule has 0 bridgehead atoms. The van der Waals surface area contributed by atoms with E-state index in [1.54, 1.807) is 0 Å². The summed E-state index contributed by atoms with van der Waals surface area (Å²) in [6.45, 7) is 4.99. The van der Waals surface area contributed by atoms with Gasteiger partial charge in [-0.25, -0.2) is 8.42 Å². The van der Waals surface area contributed by atoms with E-state index in [9.17, 15) is 13.2 Å². The van der Waals surface area contributed by atoms with Crippen LogP contribution < -0.4 is 5.32 Å². The van der Waals surface area contributed by atoms with Gasteiger partial charge in [0.2, 0.25) is 5.91 Å². The number of rotatable bonds is 5. The summed E-state index contributed by atoms with van der Waals surface area (Å²) in [5, 5.41) is 5.26. The lowest BCUT2D eigenvalue weighted by atomic mass is 10.3. The van der Waals surface area contributed by atoms with Crippen molar-refractivity contribution in [2.45, 2.75) is 13.3 Å². The van der Waals surface area contributed by atoms with Crippen molar-refractivity contribution in [3.05, 3.63) is 27.3 Å². The fourth-order valence-corrected chi connectivity index (χ4v) is 2.78. The highest BCUT2D eigenvalue weighted by Crippen LogP contribution is 2.32. The Labute approximate surface area is 109 Å². The first kappa shape index (κ1) is 14.2. The first-order valence-corrected chi connectivity index (χ1v) is 7.71. The molecular weight excluding hydrogens is 282 g/mol. The third-order valence-corrected chi connectivity index (χ3v) is 4.68. The van der Waals surface area contributed by atoms with Gasteiger partial charge >= 0.3 is 0 Å². The van der Waals surface area contributed by atoms with Gasteiger partial charge in [0.1, 0.15) is 4.34 Å². The van der Waals surface area contributed by atoms with Crippen LogP contribution in [-0.4, -0.2) is 20.1 Å². The van der Waals surface area contributed by atoms with E-state index in [1.165, 1.54) is 11.3 Å². The Hall–Kier alpha value is -0.850. The van der Waals surface area contributed by atoms with E-state index in [4.69, 9.17) is 11.6 Å². The summed E-state index contributed by atoms with van der Waals surface area (Å²) < 4.78 is 22.7. The van der Waals surface area contributed by atoms with Crippen LogP contribution in [0.4, 0.5) is 5.69 Å². The fourth-order valence-electron chi connectivity index (χ4n) is 1.08. The van der Waals surface area contributed by atoms with Crippen molar-refractivity contribution in [1.29, 1.82) is 0 Å². The van der Waals surface area contributed by atoms with Crippen molar-refractivity contribution < 1.29 is 13.2 Å². The van der Waals surface area contributed by atoms with Crippen molar-refractivity contribution >= 4 is 44.4 Å². The van der Waals surface area contributed by atoms with Crippen LogP contribution in [0, 0.1) is 6.92 Å². The predicted molar refractivity (Wildman–Crippen MR) is 71.3 cm³/mol. The standard InChI is InChI=1S/C10H12ClNO3S2/c1-3-17(14,15)5-4-8(13)12-9-7(2)6-16-10(9)11/h3,6H,1,4-5H2,2H3,(H,12,13). The molecule has 1 heterocycles. The molecule has 0 spiro atoms. The molecule has 1 N–H and O–H groups in total. The van der Waals surface area contributed by atoms with Crippen molar-refractivity contribution in [1.82, 2.24) is 0 Å². The molecule has 0 unspecified atom stereocenters. The van der Waals surface area contributed by atoms with E-state index in [-0.39, 0.29) is 18.1 Å². The molecule has 7 heteroatoms. The van der Waals surface area contributed by atoms with Crippen molar-refractivity contribution in [3.63, 3.8) is 0 Å². The lowest BCUT2D eigenvalue weighted by molar-refractivity contribution is -0.115. The average molecular weight is 294 g/mol. The summed E-state index contributed by atoms with van der Waals surface area (Å²) in [5.74, 6) is -0.623. The zero-order chi connectivity index (χ0) is 13.1. The van der Waals surface area contributed by atoms with Crippen LogP contribution in [0.2, 0.25) is 4.34 Å². The molecule has 0 aromatic carbocycles. The number of anilines is 1. The normalized spacial score (nSPS) is 11.2. The third-order valence-electron chi connectivity index (χ3n) is 2.06. The number of amides is 1. The van der Waals surface area contributed by atoms with E-state index >= 15 is 0 Å². The number of carbonyl (C=O) groups excluding carboxylic acids is 1. The van der Waals surface area contributed by atoms with Gasteiger partial charge in [-0.2, -0.15) is 0 Å². The first-order chi connectivity index (χ1) is 7.85. The molecule has 17 heavy (non-hydrogen) atoms. The second-order valence-electron chi connectivity index (χ2n) is 3.40. The quantitative estimate of drug-likeness (QED) is 0.907. The van der Waals surface area contributed by atoms with Crippen LogP contribution in [0.3, 0.4) is 0 Å². The van der Waals surface area contributed by atoms with E-state index in [0.29, 0.717) is 10.0 Å². The maximum absolute atomic E-state index is 11.5. The van der Waals surface area contributed by atoms with Gasteiger partial charge in [-0.15, -0.1) is 11.3 Å². The summed E-state index contributed by atoms with van der Waals surface area (Å²) in [7, 11) is -3.34. The van der Waals surface area contributed by atoms with Crippen molar-refractivity contribution in [2.75, 3.05) is 11.1 Å². The van der Waals surface area contributed by atoms with Crippen LogP contribution in [-0.2, 0) is 14.6 Å². The highest BCUT2D eigenvalue weighted by molar-refractivity contribution is 7.94. The Kier molecular flexibility index (Phi) is 4.73. The maximum Gasteiger partial charge on any atom is 0.225 e. The molecule has 1 aromatic heterocycles. The molecule has 0 saturated heterocycles. The molecule has 0 atom stereocenters. The van der Waals surface area contributed by atoms with Crippen LogP contribution in [0.15, 0.2) is 17.4 Å². The van der Waals surface area contributed by atoms with Gasteiger partial charge in [-0.1, -0.05) is 18.2 Å². The molecule has 0 radical (unpaired) electrons. The summed E-state index contributed by atoms with van der Waals surface area (Å²) in [5.41, 5.74) is 1.41. The number of nitrogens with one attached hydrogen (secondary N) is 1. The number of hydrogen-bond donors (Lipinski definition) is 1. The summed E-state index contributed by atoms with van der Waals surface area (Å²) in [4.78, 5) is 11.5. The Morgan fingerprint density at radius 1 is 1.65 bits per heavy atom. The van der Waals surface area contributed by atoms with Gasteiger partial charge in [0.15, 0.2) is 9.84 Å². The van der Waals surface area contributed by atoms with Crippen LogP contribution in [0.1, 0.15) is 12.0 Å². The van der Waals surface area contributed by atoms with Crippen LogP contribution in [0.5, 0.6) is 0 Å². The Balaban J connectivity index is 2.60. The predicted octanol–water partition coefficient (Wildman–Crippen LogP) is 2.60. The number of sulfone groups is 1. The molecule has 94 valence electrons. The molecule has 0 aliphatic rings. The SMILES string of the molecule is C=CS(=O)(=O)CCC(=O)Nc1c(C)csc1Cl. The molecule has 0 saturated carbocycles.